The van der Waals surface area contributed by atoms with E-state index in [2.05, 4.69) is 31.2 Å². The van der Waals surface area contributed by atoms with Gasteiger partial charge in [-0.1, -0.05) is 94.0 Å². The van der Waals surface area contributed by atoms with Crippen molar-refractivity contribution in [3.63, 3.8) is 0 Å². The van der Waals surface area contributed by atoms with Crippen molar-refractivity contribution in [1.82, 2.24) is 0 Å². The van der Waals surface area contributed by atoms with Gasteiger partial charge in [-0.15, -0.1) is 0 Å². The highest BCUT2D eigenvalue weighted by atomic mass is 16.9. The Hall–Kier alpha value is -1.84. The van der Waals surface area contributed by atoms with Crippen molar-refractivity contribution in [2.24, 2.45) is 0 Å². The van der Waals surface area contributed by atoms with Gasteiger partial charge in [-0.25, -0.2) is 0 Å². The standard InChI is InChI=1S/C26H38O3/c1-4-7-8-9-10-17-22-25(23-18-13-11-14-19-23)26(27-5-2,28-6-3)29-24-20-15-12-16-21-24/h11-16,18-21,25H,4-10,17,22H2,1-3H3. The molecule has 2 rings (SSSR count). The van der Waals surface area contributed by atoms with Crippen LogP contribution >= 0.6 is 0 Å². The van der Waals surface area contributed by atoms with Gasteiger partial charge in [0.2, 0.25) is 0 Å². The highest BCUT2D eigenvalue weighted by Crippen LogP contribution is 2.39. The highest BCUT2D eigenvalue weighted by molar-refractivity contribution is 5.25. The Morgan fingerprint density at radius 2 is 1.24 bits per heavy atom. The molecule has 29 heavy (non-hydrogen) atoms. The van der Waals surface area contributed by atoms with E-state index < -0.39 is 5.97 Å². The Kier molecular flexibility index (Phi) is 10.8. The molecule has 1 unspecified atom stereocenters. The van der Waals surface area contributed by atoms with Crippen LogP contribution in [-0.2, 0) is 9.47 Å². The average molecular weight is 399 g/mol. The van der Waals surface area contributed by atoms with Crippen LogP contribution in [0.1, 0.15) is 77.2 Å². The average Bonchev–Trinajstić information content (AvgIpc) is 2.75. The minimum atomic E-state index is -1.13. The first-order chi connectivity index (χ1) is 14.3. The Morgan fingerprint density at radius 3 is 1.83 bits per heavy atom. The SMILES string of the molecule is CCCCCCCCC(c1ccccc1)C(OCC)(OCC)Oc1ccccc1. The van der Waals surface area contributed by atoms with Crippen LogP contribution in [0.3, 0.4) is 0 Å². The van der Waals surface area contributed by atoms with Crippen LogP contribution in [0.4, 0.5) is 0 Å². The van der Waals surface area contributed by atoms with Gasteiger partial charge in [0.25, 0.3) is 0 Å². The molecule has 0 saturated carbocycles. The lowest BCUT2D eigenvalue weighted by atomic mass is 9.90. The van der Waals surface area contributed by atoms with E-state index in [-0.39, 0.29) is 5.92 Å². The zero-order valence-electron chi connectivity index (χ0n) is 18.4. The maximum absolute atomic E-state index is 6.45. The Labute approximate surface area is 177 Å². The molecule has 0 bridgehead atoms. The molecular formula is C26H38O3. The van der Waals surface area contributed by atoms with Crippen molar-refractivity contribution in [3.8, 4) is 5.75 Å². The van der Waals surface area contributed by atoms with Crippen molar-refractivity contribution in [3.05, 3.63) is 66.2 Å². The number of rotatable bonds is 15. The molecule has 0 aliphatic rings. The van der Waals surface area contributed by atoms with E-state index in [0.29, 0.717) is 13.2 Å². The molecule has 2 aromatic carbocycles. The van der Waals surface area contributed by atoms with Crippen LogP contribution in [0.2, 0.25) is 0 Å². The van der Waals surface area contributed by atoms with E-state index in [4.69, 9.17) is 14.2 Å². The quantitative estimate of drug-likeness (QED) is 0.232. The van der Waals surface area contributed by atoms with Crippen LogP contribution < -0.4 is 4.74 Å². The second kappa shape index (κ2) is 13.4. The molecule has 3 nitrogen and oxygen atoms in total. The molecule has 0 N–H and O–H groups in total. The first kappa shape index (κ1) is 23.4. The minimum absolute atomic E-state index is 0.00465. The van der Waals surface area contributed by atoms with Crippen LogP contribution in [0, 0.1) is 0 Å². The van der Waals surface area contributed by atoms with Crippen LogP contribution in [0.25, 0.3) is 0 Å². The third-order valence-corrected chi connectivity index (χ3v) is 5.17. The summed E-state index contributed by atoms with van der Waals surface area (Å²) in [5.41, 5.74) is 1.19. The first-order valence-electron chi connectivity index (χ1n) is 11.3. The maximum Gasteiger partial charge on any atom is 0.334 e. The normalized spacial score (nSPS) is 12.7. The van der Waals surface area contributed by atoms with Gasteiger partial charge < -0.3 is 14.2 Å². The summed E-state index contributed by atoms with van der Waals surface area (Å²) in [4.78, 5) is 0. The summed E-state index contributed by atoms with van der Waals surface area (Å²) < 4.78 is 18.9. The zero-order chi connectivity index (χ0) is 20.8. The van der Waals surface area contributed by atoms with Crippen molar-refractivity contribution in [1.29, 1.82) is 0 Å². The van der Waals surface area contributed by atoms with Gasteiger partial charge in [0.15, 0.2) is 0 Å². The monoisotopic (exact) mass is 398 g/mol. The summed E-state index contributed by atoms with van der Waals surface area (Å²) in [6.07, 6.45) is 8.51. The smallest absolute Gasteiger partial charge is 0.334 e. The number of para-hydroxylation sites is 1. The molecule has 0 spiro atoms. The number of ether oxygens (including phenoxy) is 3. The van der Waals surface area contributed by atoms with Gasteiger partial charge in [0.05, 0.1) is 19.1 Å². The molecule has 3 heteroatoms. The predicted octanol–water partition coefficient (Wildman–Crippen LogP) is 7.33. The van der Waals surface area contributed by atoms with Crippen molar-refractivity contribution < 1.29 is 14.2 Å². The van der Waals surface area contributed by atoms with E-state index in [1.54, 1.807) is 0 Å². The molecule has 0 aromatic heterocycles. The molecule has 0 saturated heterocycles. The fourth-order valence-electron chi connectivity index (χ4n) is 3.79. The van der Waals surface area contributed by atoms with Gasteiger partial charge >= 0.3 is 5.97 Å². The van der Waals surface area contributed by atoms with Crippen molar-refractivity contribution in [2.45, 2.75) is 77.6 Å². The minimum Gasteiger partial charge on any atom is -0.439 e. The van der Waals surface area contributed by atoms with Gasteiger partial charge in [0, 0.05) is 0 Å². The Bertz CT molecular complexity index is 636. The molecule has 160 valence electrons. The number of hydrogen-bond donors (Lipinski definition) is 0. The van der Waals surface area contributed by atoms with Gasteiger partial charge in [-0.3, -0.25) is 0 Å². The van der Waals surface area contributed by atoms with Crippen LogP contribution in [0.5, 0.6) is 5.75 Å². The zero-order valence-corrected chi connectivity index (χ0v) is 18.4. The number of hydrogen-bond acceptors (Lipinski definition) is 3. The van der Waals surface area contributed by atoms with Crippen molar-refractivity contribution >= 4 is 0 Å². The lowest BCUT2D eigenvalue weighted by Crippen LogP contribution is -2.48. The summed E-state index contributed by atoms with van der Waals surface area (Å²) in [5, 5.41) is 0. The lowest BCUT2D eigenvalue weighted by molar-refractivity contribution is -0.353. The molecule has 0 aliphatic carbocycles. The van der Waals surface area contributed by atoms with E-state index in [0.717, 1.165) is 18.6 Å². The van der Waals surface area contributed by atoms with Crippen LogP contribution in [-0.4, -0.2) is 19.2 Å². The Morgan fingerprint density at radius 1 is 0.690 bits per heavy atom. The molecule has 1 atom stereocenters. The third-order valence-electron chi connectivity index (χ3n) is 5.17. The molecule has 0 amide bonds. The summed E-state index contributed by atoms with van der Waals surface area (Å²) in [5.74, 6) is -0.372. The third kappa shape index (κ3) is 7.49. The van der Waals surface area contributed by atoms with E-state index >= 15 is 0 Å². The predicted molar refractivity (Wildman–Crippen MR) is 120 cm³/mol. The largest absolute Gasteiger partial charge is 0.439 e. The van der Waals surface area contributed by atoms with Crippen LogP contribution in [0.15, 0.2) is 60.7 Å². The second-order valence-corrected chi connectivity index (χ2v) is 7.40. The summed E-state index contributed by atoms with van der Waals surface area (Å²) in [6, 6.07) is 20.4. The topological polar surface area (TPSA) is 27.7 Å². The van der Waals surface area contributed by atoms with Crippen molar-refractivity contribution in [2.75, 3.05) is 13.2 Å². The molecule has 0 fully saturated rings. The molecule has 2 aromatic rings. The Balaban J connectivity index is 2.26. The fourth-order valence-corrected chi connectivity index (χ4v) is 3.79. The van der Waals surface area contributed by atoms with Gasteiger partial charge in [-0.2, -0.15) is 0 Å². The number of benzene rings is 2. The van der Waals surface area contributed by atoms with Gasteiger partial charge in [-0.05, 0) is 38.0 Å². The van der Waals surface area contributed by atoms with E-state index in [9.17, 15) is 0 Å². The maximum atomic E-state index is 6.45. The molecule has 0 heterocycles. The van der Waals surface area contributed by atoms with E-state index in [1.165, 1.54) is 37.7 Å². The number of unbranched alkanes of at least 4 members (excludes halogenated alkanes) is 5. The lowest BCUT2D eigenvalue weighted by Gasteiger charge is -2.39. The molecule has 0 radical (unpaired) electrons. The summed E-state index contributed by atoms with van der Waals surface area (Å²) >= 11 is 0. The highest BCUT2D eigenvalue weighted by Gasteiger charge is 2.44. The molecular weight excluding hydrogens is 360 g/mol. The van der Waals surface area contributed by atoms with Gasteiger partial charge in [0.1, 0.15) is 5.75 Å². The van der Waals surface area contributed by atoms with E-state index in [1.807, 2.05) is 50.2 Å². The fraction of sp³-hybridized carbons (Fsp3) is 0.538. The summed E-state index contributed by atoms with van der Waals surface area (Å²) in [6.45, 7) is 7.29. The second-order valence-electron chi connectivity index (χ2n) is 7.40. The summed E-state index contributed by atoms with van der Waals surface area (Å²) in [7, 11) is 0. The first-order valence-corrected chi connectivity index (χ1v) is 11.3. The molecule has 0 aliphatic heterocycles.